The van der Waals surface area contributed by atoms with Crippen molar-refractivity contribution >= 4 is 17.6 Å². The summed E-state index contributed by atoms with van der Waals surface area (Å²) in [6.45, 7) is 0.0777. The van der Waals surface area contributed by atoms with E-state index in [4.69, 9.17) is 9.84 Å². The number of allylic oxidation sites excluding steroid dienone is 2. The number of nitrogens with one attached hydrogen (secondary N) is 2. The zero-order valence-corrected chi connectivity index (χ0v) is 21.1. The van der Waals surface area contributed by atoms with Gasteiger partial charge < -0.3 is 20.5 Å². The number of aliphatic hydroxyl groups excluding tert-OH is 1. The lowest BCUT2D eigenvalue weighted by atomic mass is 9.77. The van der Waals surface area contributed by atoms with Gasteiger partial charge in [0.1, 0.15) is 6.61 Å². The van der Waals surface area contributed by atoms with E-state index in [0.717, 1.165) is 43.2 Å². The number of ketones is 1. The third-order valence-electron chi connectivity index (χ3n) is 7.37. The predicted octanol–water partition coefficient (Wildman–Crippen LogP) is 3.67. The first-order chi connectivity index (χ1) is 18.0. The van der Waals surface area contributed by atoms with Crippen LogP contribution in [0, 0.1) is 11.8 Å². The lowest BCUT2D eigenvalue weighted by molar-refractivity contribution is -0.122. The molecule has 3 N–H and O–H groups in total. The number of carbonyl (C=O) groups is 3. The number of hydrogen-bond acceptors (Lipinski definition) is 5. The number of fused-ring (bicyclic) bond motifs is 2. The maximum absolute atomic E-state index is 12.5. The Hall–Kier alpha value is -3.29. The van der Waals surface area contributed by atoms with Crippen molar-refractivity contribution in [3.05, 3.63) is 72.3 Å². The Morgan fingerprint density at radius 1 is 0.892 bits per heavy atom. The lowest BCUT2D eigenvalue weighted by Crippen LogP contribution is -2.42. The molecule has 2 aliphatic heterocycles. The van der Waals surface area contributed by atoms with E-state index in [2.05, 4.69) is 22.8 Å². The fraction of sp³-hybridized carbons (Fsp3) is 0.433. The number of carbonyl (C=O) groups excluding carboxylic acids is 3. The van der Waals surface area contributed by atoms with Crippen molar-refractivity contribution in [2.75, 3.05) is 19.7 Å². The molecule has 4 atom stereocenters. The van der Waals surface area contributed by atoms with Gasteiger partial charge in [0.15, 0.2) is 5.78 Å². The summed E-state index contributed by atoms with van der Waals surface area (Å²) in [6.07, 6.45) is 9.55. The monoisotopic (exact) mass is 504 g/mol. The summed E-state index contributed by atoms with van der Waals surface area (Å²) in [5.41, 5.74) is 2.63. The van der Waals surface area contributed by atoms with Crippen LogP contribution < -0.4 is 10.6 Å². The molecular formula is C30H36N2O5. The summed E-state index contributed by atoms with van der Waals surface area (Å²) < 4.78 is 6.12. The van der Waals surface area contributed by atoms with Crippen LogP contribution in [0.15, 0.2) is 66.7 Å². The van der Waals surface area contributed by atoms with E-state index >= 15 is 0 Å². The molecule has 196 valence electrons. The van der Waals surface area contributed by atoms with Crippen LogP contribution in [-0.4, -0.2) is 54.6 Å². The third-order valence-corrected chi connectivity index (χ3v) is 7.37. The molecule has 0 aliphatic carbocycles. The Morgan fingerprint density at radius 2 is 1.59 bits per heavy atom. The van der Waals surface area contributed by atoms with Gasteiger partial charge in [-0.2, -0.15) is 0 Å². The second-order valence-corrected chi connectivity index (χ2v) is 9.84. The molecule has 2 fully saturated rings. The molecular weight excluding hydrogens is 468 g/mol. The molecule has 2 aromatic carbocycles. The number of benzene rings is 2. The zero-order valence-electron chi connectivity index (χ0n) is 21.1. The van der Waals surface area contributed by atoms with E-state index in [1.54, 1.807) is 12.1 Å². The summed E-state index contributed by atoms with van der Waals surface area (Å²) in [4.78, 5) is 36.2. The van der Waals surface area contributed by atoms with E-state index in [9.17, 15) is 14.4 Å². The molecule has 7 heteroatoms. The van der Waals surface area contributed by atoms with Crippen molar-refractivity contribution in [2.24, 2.45) is 11.8 Å². The van der Waals surface area contributed by atoms with E-state index in [1.807, 2.05) is 42.5 Å². The fourth-order valence-corrected chi connectivity index (χ4v) is 5.35. The molecule has 2 amide bonds. The van der Waals surface area contributed by atoms with Crippen molar-refractivity contribution in [1.29, 1.82) is 0 Å². The van der Waals surface area contributed by atoms with E-state index in [0.29, 0.717) is 24.4 Å². The van der Waals surface area contributed by atoms with Crippen LogP contribution >= 0.6 is 0 Å². The van der Waals surface area contributed by atoms with Gasteiger partial charge in [0.2, 0.25) is 5.91 Å². The quantitative estimate of drug-likeness (QED) is 0.285. The molecule has 4 rings (SSSR count). The van der Waals surface area contributed by atoms with Gasteiger partial charge in [-0.25, -0.2) is 0 Å². The standard InChI is InChI=1S/C30H36N2O5/c33-20-24(34)10-6-1-2-7-11-25-26(28-17-16-27(25)37-28)18-31-29(35)19-32-30(36)23-14-12-22(13-15-23)21-8-4-3-5-9-21/h2-5,7-9,12-15,25-28,33H,1,6,10-11,16-20H2,(H,31,35)(H,32,36)/t25-,26+,27+,28+/m1/s1. The van der Waals surface area contributed by atoms with Crippen LogP contribution in [-0.2, 0) is 14.3 Å². The molecule has 2 saturated heterocycles. The zero-order chi connectivity index (χ0) is 26.0. The second-order valence-electron chi connectivity index (χ2n) is 9.84. The predicted molar refractivity (Wildman–Crippen MR) is 142 cm³/mol. The SMILES string of the molecule is O=C(CO)CCCC=CC[C@@H]1[C@H](CNC(=O)CNC(=O)c2ccc(-c3ccccc3)cc2)[C@@H]2CC[C@@H]1O2. The van der Waals surface area contributed by atoms with Crippen molar-refractivity contribution < 1.29 is 24.2 Å². The van der Waals surface area contributed by atoms with Gasteiger partial charge in [0.05, 0.1) is 18.8 Å². The second kappa shape index (κ2) is 13.3. The Bertz CT molecular complexity index is 1080. The Kier molecular flexibility index (Phi) is 9.63. The molecule has 0 spiro atoms. The Balaban J connectivity index is 1.19. The number of hydrogen-bond donors (Lipinski definition) is 3. The first-order valence-corrected chi connectivity index (χ1v) is 13.2. The number of ether oxygens (including phenoxy) is 1. The summed E-state index contributed by atoms with van der Waals surface area (Å²) >= 11 is 0. The van der Waals surface area contributed by atoms with Gasteiger partial charge in [0, 0.05) is 24.4 Å². The lowest BCUT2D eigenvalue weighted by Gasteiger charge is -2.27. The molecule has 37 heavy (non-hydrogen) atoms. The molecule has 7 nitrogen and oxygen atoms in total. The smallest absolute Gasteiger partial charge is 0.251 e. The van der Waals surface area contributed by atoms with Crippen molar-refractivity contribution in [2.45, 2.75) is 50.7 Å². The topological polar surface area (TPSA) is 105 Å². The van der Waals surface area contributed by atoms with Crippen LogP contribution in [0.3, 0.4) is 0 Å². The first-order valence-electron chi connectivity index (χ1n) is 13.2. The van der Waals surface area contributed by atoms with Crippen LogP contribution in [0.2, 0.25) is 0 Å². The van der Waals surface area contributed by atoms with Gasteiger partial charge in [-0.15, -0.1) is 0 Å². The third kappa shape index (κ3) is 7.37. The van der Waals surface area contributed by atoms with Gasteiger partial charge in [-0.1, -0.05) is 54.6 Å². The highest BCUT2D eigenvalue weighted by Crippen LogP contribution is 2.44. The number of amides is 2. The number of Topliss-reactive ketones (excluding diaryl/α,β-unsaturated/α-hetero) is 1. The minimum Gasteiger partial charge on any atom is -0.389 e. The minimum absolute atomic E-state index is 0.0714. The van der Waals surface area contributed by atoms with Crippen LogP contribution in [0.25, 0.3) is 11.1 Å². The highest BCUT2D eigenvalue weighted by molar-refractivity contribution is 5.96. The molecule has 0 radical (unpaired) electrons. The fourth-order valence-electron chi connectivity index (χ4n) is 5.35. The van der Waals surface area contributed by atoms with E-state index < -0.39 is 0 Å². The number of rotatable bonds is 13. The molecule has 2 heterocycles. The Morgan fingerprint density at radius 3 is 2.32 bits per heavy atom. The Labute approximate surface area is 218 Å². The first kappa shape index (κ1) is 26.8. The van der Waals surface area contributed by atoms with Gasteiger partial charge >= 0.3 is 0 Å². The highest BCUT2D eigenvalue weighted by Gasteiger charge is 2.47. The van der Waals surface area contributed by atoms with Gasteiger partial charge in [0.25, 0.3) is 5.91 Å². The van der Waals surface area contributed by atoms with Crippen molar-refractivity contribution in [3.8, 4) is 11.1 Å². The summed E-state index contributed by atoms with van der Waals surface area (Å²) in [6, 6.07) is 17.3. The highest BCUT2D eigenvalue weighted by atomic mass is 16.5. The largest absolute Gasteiger partial charge is 0.389 e. The molecule has 0 unspecified atom stereocenters. The average molecular weight is 505 g/mol. The molecule has 0 saturated carbocycles. The average Bonchev–Trinajstić information content (AvgIpc) is 3.55. The van der Waals surface area contributed by atoms with E-state index in [-0.39, 0.29) is 48.9 Å². The van der Waals surface area contributed by atoms with Crippen LogP contribution in [0.1, 0.15) is 48.9 Å². The molecule has 2 aromatic rings. The number of aliphatic hydroxyl groups is 1. The summed E-state index contributed by atoms with van der Waals surface area (Å²) in [5, 5.41) is 14.5. The summed E-state index contributed by atoms with van der Waals surface area (Å²) in [5.74, 6) is 0.00102. The van der Waals surface area contributed by atoms with Gasteiger partial charge in [-0.3, -0.25) is 14.4 Å². The van der Waals surface area contributed by atoms with E-state index in [1.165, 1.54) is 0 Å². The maximum atomic E-state index is 12.5. The van der Waals surface area contributed by atoms with Crippen molar-refractivity contribution in [1.82, 2.24) is 10.6 Å². The molecule has 2 aliphatic rings. The molecule has 2 bridgehead atoms. The number of unbranched alkanes of at least 4 members (excludes halogenated alkanes) is 1. The van der Waals surface area contributed by atoms with Crippen molar-refractivity contribution in [3.63, 3.8) is 0 Å². The van der Waals surface area contributed by atoms with Crippen LogP contribution in [0.5, 0.6) is 0 Å². The minimum atomic E-state index is -0.384. The normalized spacial score (nSPS) is 22.3. The maximum Gasteiger partial charge on any atom is 0.251 e. The van der Waals surface area contributed by atoms with Crippen LogP contribution in [0.4, 0.5) is 0 Å². The summed E-state index contributed by atoms with van der Waals surface area (Å²) in [7, 11) is 0. The van der Waals surface area contributed by atoms with Gasteiger partial charge in [-0.05, 0) is 61.3 Å². The molecule has 0 aromatic heterocycles.